The van der Waals surface area contributed by atoms with Crippen molar-refractivity contribution in [1.82, 2.24) is 9.78 Å². The van der Waals surface area contributed by atoms with Gasteiger partial charge < -0.3 is 0 Å². The molecule has 3 aromatic rings. The van der Waals surface area contributed by atoms with E-state index in [0.717, 1.165) is 22.0 Å². The first-order valence-electron chi connectivity index (χ1n) is 5.68. The number of aromatic nitrogens is 2. The summed E-state index contributed by atoms with van der Waals surface area (Å²) in [5, 5.41) is 5.45. The summed E-state index contributed by atoms with van der Waals surface area (Å²) in [7, 11) is 1.91. The molecule has 0 saturated heterocycles. The zero-order chi connectivity index (χ0) is 12.5. The fourth-order valence-corrected chi connectivity index (χ4v) is 2.06. The van der Waals surface area contributed by atoms with Crippen LogP contribution in [0.3, 0.4) is 0 Å². The average molecular weight is 235 g/mol. The Morgan fingerprint density at radius 1 is 1.06 bits per heavy atom. The molecule has 0 bridgehead atoms. The van der Waals surface area contributed by atoms with Gasteiger partial charge in [-0.2, -0.15) is 5.10 Å². The summed E-state index contributed by atoms with van der Waals surface area (Å²) in [6.45, 7) is 0. The average Bonchev–Trinajstić information content (AvgIpc) is 2.78. The van der Waals surface area contributed by atoms with Crippen LogP contribution in [0, 0.1) is 0 Å². The number of rotatable bonds is 2. The first-order chi connectivity index (χ1) is 8.76. The molecule has 0 aliphatic carbocycles. The first-order valence-corrected chi connectivity index (χ1v) is 5.68. The first kappa shape index (κ1) is 10.7. The maximum Gasteiger partial charge on any atom is 0.233 e. The Morgan fingerprint density at radius 2 is 1.78 bits per heavy atom. The van der Waals surface area contributed by atoms with Crippen molar-refractivity contribution in [3.05, 3.63) is 54.2 Å². The van der Waals surface area contributed by atoms with E-state index in [-0.39, 0.29) is 0 Å². The second-order valence-corrected chi connectivity index (χ2v) is 4.26. The van der Waals surface area contributed by atoms with Crippen LogP contribution in [-0.2, 0) is 11.8 Å². The van der Waals surface area contributed by atoms with Crippen molar-refractivity contribution in [3.8, 4) is 11.1 Å². The third kappa shape index (κ3) is 1.80. The second kappa shape index (κ2) is 4.11. The highest BCUT2D eigenvalue weighted by atomic mass is 16.1. The van der Waals surface area contributed by atoms with Gasteiger partial charge in [-0.1, -0.05) is 30.3 Å². The molecule has 87 valence electrons. The molecule has 1 radical (unpaired) electrons. The van der Waals surface area contributed by atoms with Gasteiger partial charge in [0, 0.05) is 24.2 Å². The lowest BCUT2D eigenvalue weighted by Crippen LogP contribution is -1.84. The second-order valence-electron chi connectivity index (χ2n) is 4.26. The number of fused-ring (bicyclic) bond motifs is 1. The lowest BCUT2D eigenvalue weighted by molar-refractivity contribution is 0.563. The van der Waals surface area contributed by atoms with E-state index in [2.05, 4.69) is 11.2 Å². The van der Waals surface area contributed by atoms with Crippen molar-refractivity contribution in [2.45, 2.75) is 0 Å². The summed E-state index contributed by atoms with van der Waals surface area (Å²) < 4.78 is 1.80. The van der Waals surface area contributed by atoms with Gasteiger partial charge in [0.25, 0.3) is 0 Å². The van der Waals surface area contributed by atoms with Crippen LogP contribution in [0.5, 0.6) is 0 Å². The van der Waals surface area contributed by atoms with Gasteiger partial charge in [-0.05, 0) is 23.3 Å². The van der Waals surface area contributed by atoms with Gasteiger partial charge in [-0.15, -0.1) is 0 Å². The third-order valence-corrected chi connectivity index (χ3v) is 2.96. The van der Waals surface area contributed by atoms with Crippen molar-refractivity contribution < 1.29 is 4.79 Å². The molecule has 0 N–H and O–H groups in total. The van der Waals surface area contributed by atoms with Crippen LogP contribution in [0.1, 0.15) is 5.56 Å². The van der Waals surface area contributed by atoms with Crippen LogP contribution < -0.4 is 0 Å². The van der Waals surface area contributed by atoms with Gasteiger partial charge in [-0.3, -0.25) is 9.48 Å². The van der Waals surface area contributed by atoms with Crippen LogP contribution in [0.15, 0.2) is 48.7 Å². The molecule has 0 atom stereocenters. The molecule has 0 aliphatic rings. The lowest BCUT2D eigenvalue weighted by atomic mass is 10.0. The topological polar surface area (TPSA) is 34.9 Å². The Labute approximate surface area is 105 Å². The van der Waals surface area contributed by atoms with Crippen molar-refractivity contribution in [3.63, 3.8) is 0 Å². The quantitative estimate of drug-likeness (QED) is 0.684. The van der Waals surface area contributed by atoms with Gasteiger partial charge in [-0.25, -0.2) is 0 Å². The van der Waals surface area contributed by atoms with E-state index in [0.29, 0.717) is 5.56 Å². The minimum Gasteiger partial charge on any atom is -0.285 e. The number of hydrogen-bond acceptors (Lipinski definition) is 2. The molecule has 18 heavy (non-hydrogen) atoms. The summed E-state index contributed by atoms with van der Waals surface area (Å²) in [4.78, 5) is 10.5. The number of carbonyl (C=O) groups excluding carboxylic acids is 1. The fourth-order valence-electron chi connectivity index (χ4n) is 2.06. The maximum absolute atomic E-state index is 10.5. The van der Waals surface area contributed by atoms with Crippen LogP contribution in [0.25, 0.3) is 22.0 Å². The van der Waals surface area contributed by atoms with E-state index >= 15 is 0 Å². The van der Waals surface area contributed by atoms with Gasteiger partial charge in [0.1, 0.15) is 0 Å². The highest BCUT2D eigenvalue weighted by Crippen LogP contribution is 2.23. The molecule has 1 aromatic heterocycles. The molecular formula is C15H11N2O. The Hall–Kier alpha value is -2.42. The normalized spacial score (nSPS) is 10.7. The molecule has 2 aromatic carbocycles. The van der Waals surface area contributed by atoms with E-state index in [1.165, 1.54) is 0 Å². The Bertz CT molecular complexity index is 711. The lowest BCUT2D eigenvalue weighted by Gasteiger charge is -2.01. The zero-order valence-corrected chi connectivity index (χ0v) is 9.92. The molecule has 0 amide bonds. The van der Waals surface area contributed by atoms with E-state index in [1.807, 2.05) is 43.8 Å². The SMILES string of the molecule is Cn1cc2cc(-c3ccc([C]=O)cc3)ccc2n1. The molecule has 3 heteroatoms. The van der Waals surface area contributed by atoms with E-state index in [4.69, 9.17) is 0 Å². The minimum atomic E-state index is 0.571. The Morgan fingerprint density at radius 3 is 2.50 bits per heavy atom. The van der Waals surface area contributed by atoms with Gasteiger partial charge in [0.15, 0.2) is 0 Å². The van der Waals surface area contributed by atoms with Crippen molar-refractivity contribution in [1.29, 1.82) is 0 Å². The molecular weight excluding hydrogens is 224 g/mol. The van der Waals surface area contributed by atoms with Crippen molar-refractivity contribution in [2.24, 2.45) is 7.05 Å². The molecule has 3 rings (SSSR count). The predicted molar refractivity (Wildman–Crippen MR) is 70.9 cm³/mol. The summed E-state index contributed by atoms with van der Waals surface area (Å²) in [5.41, 5.74) is 3.76. The standard InChI is InChI=1S/C15H11N2O/c1-17-9-14-8-13(6-7-15(14)16-17)12-4-2-11(10-18)3-5-12/h2-9H,1H3. The molecule has 0 fully saturated rings. The predicted octanol–water partition coefficient (Wildman–Crippen LogP) is 2.70. The summed E-state index contributed by atoms with van der Waals surface area (Å²) in [6, 6.07) is 13.5. The van der Waals surface area contributed by atoms with Crippen molar-refractivity contribution in [2.75, 3.05) is 0 Å². The third-order valence-electron chi connectivity index (χ3n) is 2.96. The van der Waals surface area contributed by atoms with E-state index < -0.39 is 0 Å². The Balaban J connectivity index is 2.09. The highest BCUT2D eigenvalue weighted by Gasteiger charge is 2.02. The smallest absolute Gasteiger partial charge is 0.233 e. The monoisotopic (exact) mass is 235 g/mol. The van der Waals surface area contributed by atoms with Gasteiger partial charge >= 0.3 is 0 Å². The fraction of sp³-hybridized carbons (Fsp3) is 0.0667. The molecule has 3 nitrogen and oxygen atoms in total. The van der Waals surface area contributed by atoms with Crippen LogP contribution >= 0.6 is 0 Å². The van der Waals surface area contributed by atoms with E-state index in [9.17, 15) is 4.79 Å². The number of aryl methyl sites for hydroxylation is 1. The summed E-state index contributed by atoms with van der Waals surface area (Å²) in [5.74, 6) is 0. The van der Waals surface area contributed by atoms with Crippen LogP contribution in [0.2, 0.25) is 0 Å². The van der Waals surface area contributed by atoms with Crippen molar-refractivity contribution >= 4 is 17.2 Å². The minimum absolute atomic E-state index is 0.571. The summed E-state index contributed by atoms with van der Waals surface area (Å²) >= 11 is 0. The molecule has 0 saturated carbocycles. The molecule has 1 heterocycles. The molecule has 0 spiro atoms. The largest absolute Gasteiger partial charge is 0.285 e. The Kier molecular flexibility index (Phi) is 2.45. The van der Waals surface area contributed by atoms with Gasteiger partial charge in [0.2, 0.25) is 6.29 Å². The number of benzene rings is 2. The summed E-state index contributed by atoms with van der Waals surface area (Å²) in [6.07, 6.45) is 3.87. The van der Waals surface area contributed by atoms with Gasteiger partial charge in [0.05, 0.1) is 5.52 Å². The maximum atomic E-state index is 10.5. The van der Waals surface area contributed by atoms with Crippen LogP contribution in [0.4, 0.5) is 0 Å². The van der Waals surface area contributed by atoms with Crippen LogP contribution in [-0.4, -0.2) is 16.1 Å². The molecule has 0 aliphatic heterocycles. The molecule has 0 unspecified atom stereocenters. The van der Waals surface area contributed by atoms with E-state index in [1.54, 1.807) is 16.8 Å². The number of hydrogen-bond donors (Lipinski definition) is 0. The highest BCUT2D eigenvalue weighted by molar-refractivity contribution is 5.85. The zero-order valence-electron chi connectivity index (χ0n) is 9.92. The number of nitrogens with zero attached hydrogens (tertiary/aromatic N) is 2.